The molecule has 2 rings (SSSR count). The fourth-order valence-electron chi connectivity index (χ4n) is 1.82. The van der Waals surface area contributed by atoms with Crippen LogP contribution in [0, 0.1) is 0 Å². The maximum Gasteiger partial charge on any atom is 0.337 e. The summed E-state index contributed by atoms with van der Waals surface area (Å²) in [5.74, 6) is 0.0636. The maximum absolute atomic E-state index is 11.8. The van der Waals surface area contributed by atoms with Crippen LogP contribution in [0.25, 0.3) is 0 Å². The van der Waals surface area contributed by atoms with E-state index in [0.29, 0.717) is 22.0 Å². The van der Waals surface area contributed by atoms with Crippen molar-refractivity contribution in [3.63, 3.8) is 0 Å². The van der Waals surface area contributed by atoms with Crippen LogP contribution in [0.4, 0.5) is 5.69 Å². The first-order chi connectivity index (χ1) is 11.1. The molecule has 120 valence electrons. The average molecular weight is 334 g/mol. The van der Waals surface area contributed by atoms with Gasteiger partial charge >= 0.3 is 5.97 Å². The third-order valence-corrected chi connectivity index (χ3v) is 3.25. The van der Waals surface area contributed by atoms with Gasteiger partial charge in [0.05, 0.1) is 25.7 Å². The summed E-state index contributed by atoms with van der Waals surface area (Å²) < 4.78 is 10.1. The largest absolute Gasteiger partial charge is 0.493 e. The summed E-state index contributed by atoms with van der Waals surface area (Å²) >= 11 is 5.78. The van der Waals surface area contributed by atoms with Gasteiger partial charge in [0, 0.05) is 10.7 Å². The van der Waals surface area contributed by atoms with Crippen molar-refractivity contribution in [1.82, 2.24) is 0 Å². The van der Waals surface area contributed by atoms with E-state index in [9.17, 15) is 9.59 Å². The fraction of sp³-hybridized carbons (Fsp3) is 0.176. The van der Waals surface area contributed by atoms with Crippen molar-refractivity contribution in [3.05, 3.63) is 59.1 Å². The normalized spacial score (nSPS) is 10.0. The number of esters is 1. The molecule has 0 spiro atoms. The van der Waals surface area contributed by atoms with Crippen LogP contribution in [0.5, 0.6) is 5.75 Å². The molecule has 0 bridgehead atoms. The number of nitrogens with one attached hydrogen (secondary N) is 1. The zero-order valence-corrected chi connectivity index (χ0v) is 13.3. The van der Waals surface area contributed by atoms with E-state index in [4.69, 9.17) is 16.3 Å². The van der Waals surface area contributed by atoms with Crippen molar-refractivity contribution in [2.45, 2.75) is 6.42 Å². The van der Waals surface area contributed by atoms with Crippen LogP contribution in [-0.4, -0.2) is 25.6 Å². The smallest absolute Gasteiger partial charge is 0.337 e. The highest BCUT2D eigenvalue weighted by Gasteiger charge is 2.06. The van der Waals surface area contributed by atoms with Gasteiger partial charge in [-0.3, -0.25) is 4.79 Å². The molecule has 0 fully saturated rings. The summed E-state index contributed by atoms with van der Waals surface area (Å²) in [5, 5.41) is 3.36. The van der Waals surface area contributed by atoms with E-state index in [1.54, 1.807) is 48.5 Å². The lowest BCUT2D eigenvalue weighted by Crippen LogP contribution is -2.15. The lowest BCUT2D eigenvalue weighted by Gasteiger charge is -2.08. The van der Waals surface area contributed by atoms with Crippen molar-refractivity contribution in [1.29, 1.82) is 0 Å². The summed E-state index contributed by atoms with van der Waals surface area (Å²) in [7, 11) is 1.32. The van der Waals surface area contributed by atoms with E-state index in [-0.39, 0.29) is 18.9 Å². The van der Waals surface area contributed by atoms with Crippen LogP contribution >= 0.6 is 11.6 Å². The third kappa shape index (κ3) is 5.30. The molecule has 0 aliphatic rings. The van der Waals surface area contributed by atoms with Crippen LogP contribution in [0.1, 0.15) is 16.8 Å². The summed E-state index contributed by atoms with van der Waals surface area (Å²) in [4.78, 5) is 23.1. The summed E-state index contributed by atoms with van der Waals surface area (Å²) in [5.41, 5.74) is 1.03. The first-order valence-electron chi connectivity index (χ1n) is 6.95. The molecule has 0 heterocycles. The highest BCUT2D eigenvalue weighted by molar-refractivity contribution is 6.30. The minimum atomic E-state index is -0.417. The molecule has 0 unspecified atom stereocenters. The third-order valence-electron chi connectivity index (χ3n) is 3.00. The lowest BCUT2D eigenvalue weighted by atomic mass is 10.2. The fourth-order valence-corrected chi connectivity index (χ4v) is 1.95. The number of anilines is 1. The molecular formula is C17H16ClNO4. The molecule has 0 aromatic heterocycles. The Labute approximate surface area is 139 Å². The van der Waals surface area contributed by atoms with Gasteiger partial charge in [-0.05, 0) is 48.5 Å². The van der Waals surface area contributed by atoms with Crippen molar-refractivity contribution < 1.29 is 19.1 Å². The molecule has 0 saturated heterocycles. The van der Waals surface area contributed by atoms with E-state index < -0.39 is 5.97 Å². The first kappa shape index (κ1) is 16.8. The molecular weight excluding hydrogens is 318 g/mol. The van der Waals surface area contributed by atoms with Crippen molar-refractivity contribution in [2.24, 2.45) is 0 Å². The molecule has 0 aliphatic heterocycles. The van der Waals surface area contributed by atoms with Gasteiger partial charge < -0.3 is 14.8 Å². The molecule has 0 atom stereocenters. The number of rotatable bonds is 6. The molecule has 2 aromatic carbocycles. The first-order valence-corrected chi connectivity index (χ1v) is 7.33. The molecule has 2 aromatic rings. The topological polar surface area (TPSA) is 64.6 Å². The van der Waals surface area contributed by atoms with Gasteiger partial charge in [0.1, 0.15) is 5.75 Å². The van der Waals surface area contributed by atoms with Gasteiger partial charge in [0.2, 0.25) is 5.91 Å². The van der Waals surface area contributed by atoms with Crippen molar-refractivity contribution in [3.8, 4) is 5.75 Å². The second kappa shape index (κ2) is 8.19. The Balaban J connectivity index is 1.78. The van der Waals surface area contributed by atoms with E-state index in [1.165, 1.54) is 7.11 Å². The molecule has 23 heavy (non-hydrogen) atoms. The Morgan fingerprint density at radius 3 is 2.30 bits per heavy atom. The van der Waals surface area contributed by atoms with Gasteiger partial charge in [0.25, 0.3) is 0 Å². The number of methoxy groups -OCH3 is 1. The SMILES string of the molecule is COC(=O)c1ccc(NC(=O)CCOc2ccc(Cl)cc2)cc1. The Morgan fingerprint density at radius 2 is 1.70 bits per heavy atom. The number of benzene rings is 2. The van der Waals surface area contributed by atoms with Crippen LogP contribution in [-0.2, 0) is 9.53 Å². The number of carbonyl (C=O) groups excluding carboxylic acids is 2. The van der Waals surface area contributed by atoms with Gasteiger partial charge in [0.15, 0.2) is 0 Å². The Morgan fingerprint density at radius 1 is 1.04 bits per heavy atom. The van der Waals surface area contributed by atoms with E-state index in [1.807, 2.05) is 0 Å². The number of carbonyl (C=O) groups is 2. The second-order valence-corrected chi connectivity index (χ2v) is 5.11. The van der Waals surface area contributed by atoms with Gasteiger partial charge in [-0.15, -0.1) is 0 Å². The molecule has 0 radical (unpaired) electrons. The van der Waals surface area contributed by atoms with Crippen LogP contribution in [0.2, 0.25) is 5.02 Å². The molecule has 1 amide bonds. The van der Waals surface area contributed by atoms with E-state index >= 15 is 0 Å². The predicted molar refractivity (Wildman–Crippen MR) is 88.0 cm³/mol. The molecule has 5 nitrogen and oxygen atoms in total. The summed E-state index contributed by atoms with van der Waals surface area (Å²) in [6, 6.07) is 13.4. The van der Waals surface area contributed by atoms with Crippen molar-refractivity contribution >= 4 is 29.2 Å². The zero-order valence-electron chi connectivity index (χ0n) is 12.5. The van der Waals surface area contributed by atoms with Crippen LogP contribution in [0.15, 0.2) is 48.5 Å². The number of hydrogen-bond acceptors (Lipinski definition) is 4. The lowest BCUT2D eigenvalue weighted by molar-refractivity contribution is -0.116. The van der Waals surface area contributed by atoms with Gasteiger partial charge in [-0.1, -0.05) is 11.6 Å². The molecule has 1 N–H and O–H groups in total. The highest BCUT2D eigenvalue weighted by Crippen LogP contribution is 2.16. The second-order valence-electron chi connectivity index (χ2n) is 4.67. The van der Waals surface area contributed by atoms with E-state index in [0.717, 1.165) is 0 Å². The summed E-state index contributed by atoms with van der Waals surface area (Å²) in [6.45, 7) is 0.258. The summed E-state index contributed by atoms with van der Waals surface area (Å²) in [6.07, 6.45) is 0.210. The number of halogens is 1. The van der Waals surface area contributed by atoms with Gasteiger partial charge in [-0.2, -0.15) is 0 Å². The van der Waals surface area contributed by atoms with Gasteiger partial charge in [-0.25, -0.2) is 4.79 Å². The number of amides is 1. The maximum atomic E-state index is 11.8. The Bertz CT molecular complexity index is 668. The van der Waals surface area contributed by atoms with Crippen molar-refractivity contribution in [2.75, 3.05) is 19.0 Å². The van der Waals surface area contributed by atoms with Crippen LogP contribution in [0.3, 0.4) is 0 Å². The number of ether oxygens (including phenoxy) is 2. The zero-order chi connectivity index (χ0) is 16.7. The minimum absolute atomic E-state index is 0.176. The average Bonchev–Trinajstić information content (AvgIpc) is 2.56. The Hall–Kier alpha value is -2.53. The highest BCUT2D eigenvalue weighted by atomic mass is 35.5. The Kier molecular flexibility index (Phi) is 6.00. The van der Waals surface area contributed by atoms with E-state index in [2.05, 4.69) is 10.1 Å². The number of hydrogen-bond donors (Lipinski definition) is 1. The predicted octanol–water partition coefficient (Wildman–Crippen LogP) is 3.53. The van der Waals surface area contributed by atoms with Crippen LogP contribution < -0.4 is 10.1 Å². The molecule has 0 aliphatic carbocycles. The quantitative estimate of drug-likeness (QED) is 0.821. The minimum Gasteiger partial charge on any atom is -0.493 e. The molecule has 0 saturated carbocycles. The monoisotopic (exact) mass is 333 g/mol. The standard InChI is InChI=1S/C17H16ClNO4/c1-22-17(21)12-2-6-14(7-3-12)19-16(20)10-11-23-15-8-4-13(18)5-9-15/h2-9H,10-11H2,1H3,(H,19,20). The molecule has 6 heteroatoms.